The average Bonchev–Trinajstić information content (AvgIpc) is 3.74. The Morgan fingerprint density at radius 3 is 2.68 bits per heavy atom. The predicted molar refractivity (Wildman–Crippen MR) is 150 cm³/mol. The van der Waals surface area contributed by atoms with Crippen LogP contribution in [-0.2, 0) is 4.74 Å². The van der Waals surface area contributed by atoms with Crippen molar-refractivity contribution >= 4 is 16.9 Å². The molecule has 2 aromatic heterocycles. The molecule has 0 aliphatic carbocycles. The van der Waals surface area contributed by atoms with Crippen LogP contribution in [0.25, 0.3) is 33.4 Å². The number of anilines is 1. The molecule has 198 valence electrons. The lowest BCUT2D eigenvalue weighted by Gasteiger charge is -2.15. The molecule has 1 atom stereocenters. The molecule has 38 heavy (non-hydrogen) atoms. The van der Waals surface area contributed by atoms with Gasteiger partial charge in [-0.05, 0) is 86.3 Å². The fourth-order valence-corrected chi connectivity index (χ4v) is 5.47. The van der Waals surface area contributed by atoms with Crippen molar-refractivity contribution in [2.75, 3.05) is 51.8 Å². The summed E-state index contributed by atoms with van der Waals surface area (Å²) in [5, 5.41) is 4.50. The third kappa shape index (κ3) is 5.33. The van der Waals surface area contributed by atoms with E-state index in [1.165, 1.54) is 25.9 Å². The Labute approximate surface area is 223 Å². The summed E-state index contributed by atoms with van der Waals surface area (Å²) in [6.07, 6.45) is 6.57. The molecule has 2 aliphatic heterocycles. The Bertz CT molecular complexity index is 1360. The number of hydrogen-bond acceptors (Lipinski definition) is 7. The van der Waals surface area contributed by atoms with Gasteiger partial charge in [0.1, 0.15) is 35.9 Å². The van der Waals surface area contributed by atoms with Gasteiger partial charge in [-0.2, -0.15) is 0 Å². The van der Waals surface area contributed by atoms with Crippen LogP contribution in [-0.4, -0.2) is 72.5 Å². The largest absolute Gasteiger partial charge is 0.497 e. The minimum atomic E-state index is 0.205. The van der Waals surface area contributed by atoms with Gasteiger partial charge in [-0.1, -0.05) is 12.1 Å². The van der Waals surface area contributed by atoms with Crippen LogP contribution in [0.4, 0.5) is 5.82 Å². The quantitative estimate of drug-likeness (QED) is 0.295. The Morgan fingerprint density at radius 1 is 1.03 bits per heavy atom. The molecule has 0 saturated carbocycles. The molecule has 2 aromatic carbocycles. The monoisotopic (exact) mass is 513 g/mol. The fourth-order valence-electron chi connectivity index (χ4n) is 5.47. The van der Waals surface area contributed by atoms with Gasteiger partial charge in [0.15, 0.2) is 0 Å². The van der Waals surface area contributed by atoms with Crippen LogP contribution in [0.1, 0.15) is 25.7 Å². The summed E-state index contributed by atoms with van der Waals surface area (Å²) in [6, 6.07) is 16.4. The smallest absolute Gasteiger partial charge is 0.143 e. The SMILES string of the molecule is COc1cccc(-c2c(-c3ccc(OCCN4CCCC4)cc3)[nH]c3ncnc(NC[C@@H]4CCCO4)c23)c1. The first-order valence-corrected chi connectivity index (χ1v) is 13.6. The summed E-state index contributed by atoms with van der Waals surface area (Å²) in [5.74, 6) is 2.48. The van der Waals surface area contributed by atoms with E-state index in [1.54, 1.807) is 13.4 Å². The molecule has 4 heterocycles. The van der Waals surface area contributed by atoms with E-state index in [0.29, 0.717) is 13.2 Å². The summed E-state index contributed by atoms with van der Waals surface area (Å²) in [7, 11) is 1.69. The highest BCUT2D eigenvalue weighted by molar-refractivity contribution is 6.07. The lowest BCUT2D eigenvalue weighted by molar-refractivity contribution is 0.120. The van der Waals surface area contributed by atoms with Crippen LogP contribution in [0.3, 0.4) is 0 Å². The number of methoxy groups -OCH3 is 1. The molecule has 0 spiro atoms. The maximum absolute atomic E-state index is 6.05. The lowest BCUT2D eigenvalue weighted by atomic mass is 9.98. The topological polar surface area (TPSA) is 84.5 Å². The van der Waals surface area contributed by atoms with E-state index in [0.717, 1.165) is 76.7 Å². The van der Waals surface area contributed by atoms with E-state index in [4.69, 9.17) is 14.2 Å². The van der Waals surface area contributed by atoms with Crippen LogP contribution in [0, 0.1) is 0 Å². The Hall–Kier alpha value is -3.62. The highest BCUT2D eigenvalue weighted by Crippen LogP contribution is 2.41. The molecule has 4 aromatic rings. The molecule has 2 N–H and O–H groups in total. The predicted octanol–water partition coefficient (Wildman–Crippen LogP) is 5.37. The van der Waals surface area contributed by atoms with E-state index in [1.807, 2.05) is 24.3 Å². The third-order valence-corrected chi connectivity index (χ3v) is 7.49. The van der Waals surface area contributed by atoms with E-state index in [-0.39, 0.29) is 6.10 Å². The molecule has 2 aliphatic rings. The first-order chi connectivity index (χ1) is 18.8. The van der Waals surface area contributed by atoms with Crippen LogP contribution >= 0.6 is 0 Å². The summed E-state index contributed by atoms with van der Waals surface area (Å²) < 4.78 is 17.4. The molecule has 8 heteroatoms. The normalized spacial score (nSPS) is 17.8. The van der Waals surface area contributed by atoms with Gasteiger partial charge in [-0.25, -0.2) is 9.97 Å². The van der Waals surface area contributed by atoms with Crippen molar-refractivity contribution in [3.63, 3.8) is 0 Å². The second-order valence-electron chi connectivity index (χ2n) is 9.99. The van der Waals surface area contributed by atoms with Gasteiger partial charge in [0.25, 0.3) is 0 Å². The first-order valence-electron chi connectivity index (χ1n) is 13.6. The van der Waals surface area contributed by atoms with Gasteiger partial charge >= 0.3 is 0 Å². The van der Waals surface area contributed by atoms with E-state index >= 15 is 0 Å². The zero-order valence-corrected chi connectivity index (χ0v) is 21.9. The fraction of sp³-hybridized carbons (Fsp3) is 0.400. The van der Waals surface area contributed by atoms with Gasteiger partial charge in [0, 0.05) is 25.3 Å². The zero-order valence-electron chi connectivity index (χ0n) is 21.9. The first kappa shape index (κ1) is 24.7. The van der Waals surface area contributed by atoms with Gasteiger partial charge in [0.2, 0.25) is 0 Å². The molecule has 0 bridgehead atoms. The second kappa shape index (κ2) is 11.4. The van der Waals surface area contributed by atoms with Gasteiger partial charge < -0.3 is 24.5 Å². The molecule has 8 nitrogen and oxygen atoms in total. The maximum atomic E-state index is 6.05. The van der Waals surface area contributed by atoms with Crippen LogP contribution < -0.4 is 14.8 Å². The van der Waals surface area contributed by atoms with E-state index in [9.17, 15) is 0 Å². The number of hydrogen-bond donors (Lipinski definition) is 2. The number of nitrogens with zero attached hydrogens (tertiary/aromatic N) is 3. The van der Waals surface area contributed by atoms with Crippen molar-refractivity contribution in [1.82, 2.24) is 19.9 Å². The Morgan fingerprint density at radius 2 is 1.89 bits per heavy atom. The average molecular weight is 514 g/mol. The number of benzene rings is 2. The van der Waals surface area contributed by atoms with Crippen molar-refractivity contribution in [3.05, 3.63) is 54.9 Å². The number of aromatic amines is 1. The molecule has 0 amide bonds. The number of fused-ring (bicyclic) bond motifs is 1. The second-order valence-corrected chi connectivity index (χ2v) is 9.99. The Kier molecular flexibility index (Phi) is 7.42. The molecular formula is C30H35N5O3. The lowest BCUT2D eigenvalue weighted by Crippen LogP contribution is -2.25. The molecule has 2 saturated heterocycles. The number of aromatic nitrogens is 3. The van der Waals surface area contributed by atoms with Gasteiger partial charge in [-0.3, -0.25) is 4.90 Å². The Balaban J connectivity index is 1.33. The number of rotatable bonds is 10. The summed E-state index contributed by atoms with van der Waals surface area (Å²) in [6.45, 7) is 5.59. The zero-order chi connectivity index (χ0) is 25.7. The van der Waals surface area contributed by atoms with E-state index < -0.39 is 0 Å². The van der Waals surface area contributed by atoms with Crippen LogP contribution in [0.2, 0.25) is 0 Å². The third-order valence-electron chi connectivity index (χ3n) is 7.49. The highest BCUT2D eigenvalue weighted by atomic mass is 16.5. The van der Waals surface area contributed by atoms with E-state index in [2.05, 4.69) is 49.4 Å². The number of H-pyrrole nitrogens is 1. The maximum Gasteiger partial charge on any atom is 0.143 e. The van der Waals surface area contributed by atoms with Crippen molar-refractivity contribution in [3.8, 4) is 33.9 Å². The molecule has 0 unspecified atom stereocenters. The minimum Gasteiger partial charge on any atom is -0.497 e. The van der Waals surface area contributed by atoms with Crippen molar-refractivity contribution in [2.24, 2.45) is 0 Å². The number of likely N-dealkylation sites (tertiary alicyclic amines) is 1. The standard InChI is InChI=1S/C30H35N5O3/c1-36-24-7-4-6-22(18-24)26-27-29(31-19-25-8-5-16-37-25)32-20-33-30(27)34-28(26)21-9-11-23(12-10-21)38-17-15-35-13-2-3-14-35/h4,6-7,9-12,18,20,25H,2-3,5,8,13-17,19H2,1H3,(H2,31,32,33,34)/t25-/m0/s1. The van der Waals surface area contributed by atoms with Gasteiger partial charge in [-0.15, -0.1) is 0 Å². The van der Waals surface area contributed by atoms with Crippen molar-refractivity contribution in [2.45, 2.75) is 31.8 Å². The summed E-state index contributed by atoms with van der Waals surface area (Å²) in [4.78, 5) is 15.3. The summed E-state index contributed by atoms with van der Waals surface area (Å²) >= 11 is 0. The number of nitrogens with one attached hydrogen (secondary N) is 2. The molecule has 2 fully saturated rings. The number of ether oxygens (including phenoxy) is 3. The summed E-state index contributed by atoms with van der Waals surface area (Å²) in [5.41, 5.74) is 4.90. The molecule has 6 rings (SSSR count). The highest BCUT2D eigenvalue weighted by Gasteiger charge is 2.22. The van der Waals surface area contributed by atoms with Crippen LogP contribution in [0.5, 0.6) is 11.5 Å². The minimum absolute atomic E-state index is 0.205. The van der Waals surface area contributed by atoms with Crippen LogP contribution in [0.15, 0.2) is 54.9 Å². The van der Waals surface area contributed by atoms with Gasteiger partial charge in [0.05, 0.1) is 24.3 Å². The molecule has 0 radical (unpaired) electrons. The molecular weight excluding hydrogens is 478 g/mol. The van der Waals surface area contributed by atoms with Crippen molar-refractivity contribution < 1.29 is 14.2 Å². The van der Waals surface area contributed by atoms with Crippen molar-refractivity contribution in [1.29, 1.82) is 0 Å².